The summed E-state index contributed by atoms with van der Waals surface area (Å²) < 4.78 is 5.75. The van der Waals surface area contributed by atoms with E-state index in [1.165, 1.54) is 4.90 Å². The first-order chi connectivity index (χ1) is 10.4. The van der Waals surface area contributed by atoms with E-state index in [9.17, 15) is 14.7 Å². The molecule has 120 valence electrons. The van der Waals surface area contributed by atoms with E-state index >= 15 is 0 Å². The van der Waals surface area contributed by atoms with Gasteiger partial charge in [0, 0.05) is 0 Å². The van der Waals surface area contributed by atoms with Crippen molar-refractivity contribution in [2.24, 2.45) is 0 Å². The molecular formula is C17H23NO4. The van der Waals surface area contributed by atoms with E-state index in [2.05, 4.69) is 13.8 Å². The number of carbonyl (C=O) groups excluding carboxylic acids is 1. The number of fused-ring (bicyclic) bond motifs is 1. The number of carbonyl (C=O) groups is 2. The number of amides is 1. The summed E-state index contributed by atoms with van der Waals surface area (Å²) in [5, 5.41) is 9.47. The molecule has 0 aliphatic carbocycles. The first-order valence-corrected chi connectivity index (χ1v) is 7.77. The van der Waals surface area contributed by atoms with Gasteiger partial charge in [0.2, 0.25) is 0 Å². The molecule has 22 heavy (non-hydrogen) atoms. The van der Waals surface area contributed by atoms with Gasteiger partial charge in [-0.2, -0.15) is 0 Å². The molecule has 1 aliphatic rings. The standard InChI is InChI=1S/C17H23NO4/c1-5-12(17(20)21)18-13-9-11(10(3)4)7-8-15(13)22-14(6-2)16(18)19/h7-10,12,14H,5-6H2,1-4H3,(H,20,21). The third-order valence-electron chi connectivity index (χ3n) is 4.05. The zero-order valence-corrected chi connectivity index (χ0v) is 13.5. The fourth-order valence-electron chi connectivity index (χ4n) is 2.71. The predicted molar refractivity (Wildman–Crippen MR) is 84.4 cm³/mol. The van der Waals surface area contributed by atoms with Gasteiger partial charge in [-0.1, -0.05) is 33.8 Å². The summed E-state index contributed by atoms with van der Waals surface area (Å²) in [6, 6.07) is 4.80. The highest BCUT2D eigenvalue weighted by Gasteiger charge is 2.39. The number of rotatable bonds is 5. The molecule has 1 N–H and O–H groups in total. The molecule has 1 aromatic rings. The van der Waals surface area contributed by atoms with Gasteiger partial charge in [0.15, 0.2) is 6.10 Å². The molecule has 5 nitrogen and oxygen atoms in total. The third-order valence-corrected chi connectivity index (χ3v) is 4.05. The monoisotopic (exact) mass is 305 g/mol. The lowest BCUT2D eigenvalue weighted by Gasteiger charge is -2.37. The van der Waals surface area contributed by atoms with Crippen molar-refractivity contribution in [2.75, 3.05) is 4.90 Å². The first-order valence-electron chi connectivity index (χ1n) is 7.77. The normalized spacial score (nSPS) is 18.9. The Balaban J connectivity index is 2.57. The maximum Gasteiger partial charge on any atom is 0.326 e. The van der Waals surface area contributed by atoms with Crippen LogP contribution in [0.3, 0.4) is 0 Å². The molecule has 0 saturated heterocycles. The first kappa shape index (κ1) is 16.3. The third kappa shape index (κ3) is 2.80. The maximum absolute atomic E-state index is 12.6. The summed E-state index contributed by atoms with van der Waals surface area (Å²) in [5.74, 6) is -0.398. The molecule has 5 heteroatoms. The Bertz CT molecular complexity index is 582. The molecule has 1 aliphatic heterocycles. The van der Waals surface area contributed by atoms with Gasteiger partial charge in [-0.3, -0.25) is 9.69 Å². The van der Waals surface area contributed by atoms with Crippen LogP contribution in [0.4, 0.5) is 5.69 Å². The van der Waals surface area contributed by atoms with E-state index in [4.69, 9.17) is 4.74 Å². The largest absolute Gasteiger partial charge is 0.480 e. The van der Waals surface area contributed by atoms with Crippen LogP contribution in [0.2, 0.25) is 0 Å². The van der Waals surface area contributed by atoms with Crippen LogP contribution in [-0.2, 0) is 9.59 Å². The van der Waals surface area contributed by atoms with E-state index in [1.54, 1.807) is 6.92 Å². The number of anilines is 1. The molecule has 2 rings (SSSR count). The number of ether oxygens (including phenoxy) is 1. The average molecular weight is 305 g/mol. The van der Waals surface area contributed by atoms with Crippen LogP contribution in [0.15, 0.2) is 18.2 Å². The highest BCUT2D eigenvalue weighted by molar-refractivity contribution is 6.04. The second-order valence-corrected chi connectivity index (χ2v) is 5.87. The van der Waals surface area contributed by atoms with Crippen molar-refractivity contribution in [2.45, 2.75) is 58.6 Å². The lowest BCUT2D eigenvalue weighted by molar-refractivity contribution is -0.141. The van der Waals surface area contributed by atoms with Crippen molar-refractivity contribution in [3.05, 3.63) is 23.8 Å². The highest BCUT2D eigenvalue weighted by atomic mass is 16.5. The summed E-state index contributed by atoms with van der Waals surface area (Å²) in [5.41, 5.74) is 1.62. The number of hydrogen-bond donors (Lipinski definition) is 1. The minimum Gasteiger partial charge on any atom is -0.480 e. The average Bonchev–Trinajstić information content (AvgIpc) is 2.48. The molecule has 0 radical (unpaired) electrons. The van der Waals surface area contributed by atoms with Crippen LogP contribution in [-0.4, -0.2) is 29.1 Å². The van der Waals surface area contributed by atoms with Crippen LogP contribution in [0.5, 0.6) is 5.75 Å². The van der Waals surface area contributed by atoms with Crippen molar-refractivity contribution in [3.8, 4) is 5.75 Å². The van der Waals surface area contributed by atoms with Gasteiger partial charge < -0.3 is 9.84 Å². The van der Waals surface area contributed by atoms with Gasteiger partial charge in [-0.05, 0) is 36.5 Å². The zero-order valence-electron chi connectivity index (χ0n) is 13.5. The summed E-state index contributed by atoms with van der Waals surface area (Å²) in [6.07, 6.45) is 0.241. The van der Waals surface area contributed by atoms with E-state index < -0.39 is 18.1 Å². The van der Waals surface area contributed by atoms with E-state index in [1.807, 2.05) is 25.1 Å². The molecule has 0 spiro atoms. The molecule has 1 aromatic carbocycles. The van der Waals surface area contributed by atoms with Gasteiger partial charge in [0.1, 0.15) is 11.8 Å². The van der Waals surface area contributed by atoms with Gasteiger partial charge in [0.05, 0.1) is 5.69 Å². The number of carboxylic acid groups (broad SMARTS) is 1. The molecule has 1 heterocycles. The summed E-state index contributed by atoms with van der Waals surface area (Å²) in [7, 11) is 0. The van der Waals surface area contributed by atoms with E-state index in [-0.39, 0.29) is 11.8 Å². The number of benzene rings is 1. The van der Waals surface area contributed by atoms with Crippen molar-refractivity contribution in [3.63, 3.8) is 0 Å². The Labute approximate surface area is 130 Å². The lowest BCUT2D eigenvalue weighted by atomic mass is 9.99. The number of hydrogen-bond acceptors (Lipinski definition) is 3. The minimum atomic E-state index is -0.992. The second kappa shape index (κ2) is 6.38. The second-order valence-electron chi connectivity index (χ2n) is 5.87. The SMILES string of the molecule is CCC1Oc2ccc(C(C)C)cc2N(C(CC)C(=O)O)C1=O. The molecule has 0 aromatic heterocycles. The number of aliphatic carboxylic acids is 1. The van der Waals surface area contributed by atoms with E-state index in [0.717, 1.165) is 5.56 Å². The molecular weight excluding hydrogens is 282 g/mol. The van der Waals surface area contributed by atoms with Crippen LogP contribution in [0, 0.1) is 0 Å². The molecule has 0 fully saturated rings. The van der Waals surface area contributed by atoms with Crippen LogP contribution >= 0.6 is 0 Å². The Hall–Kier alpha value is -2.04. The van der Waals surface area contributed by atoms with Gasteiger partial charge in [-0.15, -0.1) is 0 Å². The predicted octanol–water partition coefficient (Wildman–Crippen LogP) is 3.18. The summed E-state index contributed by atoms with van der Waals surface area (Å²) >= 11 is 0. The number of nitrogens with zero attached hydrogens (tertiary/aromatic N) is 1. The van der Waals surface area contributed by atoms with Gasteiger partial charge in [0.25, 0.3) is 5.91 Å². The number of carboxylic acids is 1. The van der Waals surface area contributed by atoms with Gasteiger partial charge in [-0.25, -0.2) is 4.79 Å². The minimum absolute atomic E-state index is 0.273. The topological polar surface area (TPSA) is 66.8 Å². The Morgan fingerprint density at radius 3 is 2.55 bits per heavy atom. The summed E-state index contributed by atoms with van der Waals surface area (Å²) in [4.78, 5) is 25.6. The fourth-order valence-corrected chi connectivity index (χ4v) is 2.71. The smallest absolute Gasteiger partial charge is 0.326 e. The molecule has 0 bridgehead atoms. The van der Waals surface area contributed by atoms with Crippen molar-refractivity contribution < 1.29 is 19.4 Å². The highest BCUT2D eigenvalue weighted by Crippen LogP contribution is 2.38. The van der Waals surface area contributed by atoms with Crippen LogP contribution < -0.4 is 9.64 Å². The molecule has 2 atom stereocenters. The molecule has 2 unspecified atom stereocenters. The van der Waals surface area contributed by atoms with Crippen LogP contribution in [0.25, 0.3) is 0 Å². The summed E-state index contributed by atoms with van der Waals surface area (Å²) in [6.45, 7) is 7.74. The Morgan fingerprint density at radius 1 is 1.36 bits per heavy atom. The Morgan fingerprint density at radius 2 is 2.05 bits per heavy atom. The van der Waals surface area contributed by atoms with E-state index in [0.29, 0.717) is 24.3 Å². The van der Waals surface area contributed by atoms with Gasteiger partial charge >= 0.3 is 5.97 Å². The Kier molecular flexibility index (Phi) is 4.74. The van der Waals surface area contributed by atoms with Crippen molar-refractivity contribution >= 4 is 17.6 Å². The molecule has 0 saturated carbocycles. The lowest BCUT2D eigenvalue weighted by Crippen LogP contribution is -2.53. The quantitative estimate of drug-likeness (QED) is 0.907. The molecule has 1 amide bonds. The fraction of sp³-hybridized carbons (Fsp3) is 0.529. The maximum atomic E-state index is 12.6. The van der Waals surface area contributed by atoms with Crippen LogP contribution in [0.1, 0.15) is 52.0 Å². The van der Waals surface area contributed by atoms with Crippen molar-refractivity contribution in [1.29, 1.82) is 0 Å². The van der Waals surface area contributed by atoms with Crippen molar-refractivity contribution in [1.82, 2.24) is 0 Å². The zero-order chi connectivity index (χ0) is 16.4.